The highest BCUT2D eigenvalue weighted by Crippen LogP contribution is 2.35. The number of aryl methyl sites for hydroxylation is 1. The third-order valence-electron chi connectivity index (χ3n) is 6.06. The molecule has 0 N–H and O–H groups in total. The van der Waals surface area contributed by atoms with Crippen LogP contribution in [0.25, 0.3) is 5.69 Å². The predicted molar refractivity (Wildman–Crippen MR) is 142 cm³/mol. The Morgan fingerprint density at radius 1 is 1.00 bits per heavy atom. The summed E-state index contributed by atoms with van der Waals surface area (Å²) in [7, 11) is 1.61. The molecule has 0 bridgehead atoms. The molecule has 4 aromatic rings. The first-order chi connectivity index (χ1) is 17.9. The molecule has 0 spiro atoms. The largest absolute Gasteiger partial charge is 0.435 e. The molecule has 0 aliphatic carbocycles. The fraction of sp³-hybridized carbons (Fsp3) is 0.267. The maximum Gasteiger partial charge on any atom is 0.254 e. The zero-order chi connectivity index (χ0) is 26.4. The van der Waals surface area contributed by atoms with Gasteiger partial charge in [-0.25, -0.2) is 9.07 Å². The molecule has 1 heterocycles. The van der Waals surface area contributed by atoms with Crippen LogP contribution >= 0.6 is 0 Å². The van der Waals surface area contributed by atoms with Crippen LogP contribution in [0, 0.1) is 12.7 Å². The summed E-state index contributed by atoms with van der Waals surface area (Å²) in [4.78, 5) is 15.3. The number of hydrogen-bond donors (Lipinski definition) is 0. The van der Waals surface area contributed by atoms with Crippen LogP contribution in [0.5, 0.6) is 11.6 Å². The molecule has 192 valence electrons. The molecule has 37 heavy (non-hydrogen) atoms. The zero-order valence-electron chi connectivity index (χ0n) is 21.6. The van der Waals surface area contributed by atoms with Crippen LogP contribution in [0.1, 0.15) is 46.9 Å². The van der Waals surface area contributed by atoms with Gasteiger partial charge in [0.15, 0.2) is 11.6 Å². The number of methoxy groups -OCH3 is 1. The number of carbonyl (C=O) groups excluding carboxylic acids is 1. The molecule has 7 heteroatoms. The normalized spacial score (nSPS) is 11.1. The summed E-state index contributed by atoms with van der Waals surface area (Å²) in [5.41, 5.74) is 3.93. The van der Waals surface area contributed by atoms with Crippen molar-refractivity contribution < 1.29 is 18.7 Å². The lowest BCUT2D eigenvalue weighted by Crippen LogP contribution is -2.33. The van der Waals surface area contributed by atoms with Gasteiger partial charge in [-0.3, -0.25) is 4.79 Å². The number of rotatable bonds is 10. The SMILES string of the molecule is COCCN(Cc1c(C(C)C)nn(-c2ccccc2)c1Oc1ccccc1F)C(=O)c1ccc(C)cc1. The summed E-state index contributed by atoms with van der Waals surface area (Å²) in [5, 5.41) is 4.88. The van der Waals surface area contributed by atoms with Gasteiger partial charge in [0.25, 0.3) is 5.91 Å². The molecule has 0 radical (unpaired) electrons. The van der Waals surface area contributed by atoms with E-state index < -0.39 is 5.82 Å². The minimum Gasteiger partial charge on any atom is -0.435 e. The van der Waals surface area contributed by atoms with E-state index in [1.54, 1.807) is 34.9 Å². The Morgan fingerprint density at radius 2 is 1.68 bits per heavy atom. The summed E-state index contributed by atoms with van der Waals surface area (Å²) < 4.78 is 27.9. The molecule has 3 aromatic carbocycles. The molecule has 0 atom stereocenters. The number of benzene rings is 3. The third kappa shape index (κ3) is 6.06. The van der Waals surface area contributed by atoms with Crippen LogP contribution in [0.2, 0.25) is 0 Å². The van der Waals surface area contributed by atoms with E-state index in [1.807, 2.05) is 75.4 Å². The molecule has 0 saturated carbocycles. The minimum absolute atomic E-state index is 0.0293. The van der Waals surface area contributed by atoms with E-state index in [-0.39, 0.29) is 24.1 Å². The smallest absolute Gasteiger partial charge is 0.254 e. The van der Waals surface area contributed by atoms with Crippen LogP contribution < -0.4 is 4.74 Å². The standard InChI is InChI=1S/C30H32FN3O3/c1-21(2)28-25(20-33(18-19-36-4)29(35)23-16-14-22(3)15-17-23)30(37-27-13-9-8-12-26(27)31)34(32-28)24-10-6-5-7-11-24/h5-17,21H,18-20H2,1-4H3. The van der Waals surface area contributed by atoms with Gasteiger partial charge in [-0.2, -0.15) is 5.10 Å². The van der Waals surface area contributed by atoms with E-state index >= 15 is 0 Å². The van der Waals surface area contributed by atoms with Crippen molar-refractivity contribution in [2.75, 3.05) is 20.3 Å². The molecular weight excluding hydrogens is 469 g/mol. The molecule has 6 nitrogen and oxygen atoms in total. The molecule has 1 amide bonds. The van der Waals surface area contributed by atoms with E-state index in [1.165, 1.54) is 6.07 Å². The van der Waals surface area contributed by atoms with Crippen LogP contribution in [0.3, 0.4) is 0 Å². The van der Waals surface area contributed by atoms with Gasteiger partial charge in [-0.1, -0.05) is 61.9 Å². The topological polar surface area (TPSA) is 56.6 Å². The number of halogens is 1. The Bertz CT molecular complexity index is 1330. The summed E-state index contributed by atoms with van der Waals surface area (Å²) in [5.74, 6) is -0.117. The highest BCUT2D eigenvalue weighted by Gasteiger charge is 2.27. The number of para-hydroxylation sites is 2. The number of ether oxygens (including phenoxy) is 2. The first kappa shape index (κ1) is 26.1. The highest BCUT2D eigenvalue weighted by atomic mass is 19.1. The van der Waals surface area contributed by atoms with E-state index in [2.05, 4.69) is 0 Å². The van der Waals surface area contributed by atoms with E-state index in [0.29, 0.717) is 24.6 Å². The van der Waals surface area contributed by atoms with Gasteiger partial charge in [0.05, 0.1) is 30.1 Å². The molecule has 0 saturated heterocycles. The van der Waals surface area contributed by atoms with Gasteiger partial charge in [0.1, 0.15) is 0 Å². The molecular formula is C30H32FN3O3. The molecule has 1 aromatic heterocycles. The average Bonchev–Trinajstić information content (AvgIpc) is 3.26. The number of amides is 1. The third-order valence-corrected chi connectivity index (χ3v) is 6.06. The Morgan fingerprint density at radius 3 is 2.32 bits per heavy atom. The molecule has 0 aliphatic heterocycles. The average molecular weight is 502 g/mol. The fourth-order valence-electron chi connectivity index (χ4n) is 4.07. The Balaban J connectivity index is 1.83. The highest BCUT2D eigenvalue weighted by molar-refractivity contribution is 5.94. The molecule has 4 rings (SSSR count). The Labute approximate surface area is 217 Å². The van der Waals surface area contributed by atoms with Crippen molar-refractivity contribution >= 4 is 5.91 Å². The van der Waals surface area contributed by atoms with Crippen molar-refractivity contribution in [2.45, 2.75) is 33.2 Å². The van der Waals surface area contributed by atoms with E-state index in [9.17, 15) is 9.18 Å². The second-order valence-electron chi connectivity index (χ2n) is 9.19. The lowest BCUT2D eigenvalue weighted by Gasteiger charge is -2.24. The van der Waals surface area contributed by atoms with Crippen molar-refractivity contribution in [1.29, 1.82) is 0 Å². The summed E-state index contributed by atoms with van der Waals surface area (Å²) in [6, 6.07) is 23.3. The summed E-state index contributed by atoms with van der Waals surface area (Å²) in [6.07, 6.45) is 0. The second-order valence-corrected chi connectivity index (χ2v) is 9.19. The molecule has 0 aliphatic rings. The Kier molecular flexibility index (Phi) is 8.36. The molecule has 0 unspecified atom stereocenters. The first-order valence-corrected chi connectivity index (χ1v) is 12.3. The van der Waals surface area contributed by atoms with Gasteiger partial charge in [-0.05, 0) is 49.2 Å². The number of hydrogen-bond acceptors (Lipinski definition) is 4. The van der Waals surface area contributed by atoms with Crippen LogP contribution in [0.4, 0.5) is 4.39 Å². The quantitative estimate of drug-likeness (QED) is 0.248. The maximum absolute atomic E-state index is 14.7. The van der Waals surface area contributed by atoms with Crippen LogP contribution in [-0.4, -0.2) is 40.8 Å². The van der Waals surface area contributed by atoms with Gasteiger partial charge in [0, 0.05) is 19.2 Å². The maximum atomic E-state index is 14.7. The number of aromatic nitrogens is 2. The zero-order valence-corrected chi connectivity index (χ0v) is 21.6. The van der Waals surface area contributed by atoms with Gasteiger partial charge in [0.2, 0.25) is 5.88 Å². The van der Waals surface area contributed by atoms with Gasteiger partial charge >= 0.3 is 0 Å². The van der Waals surface area contributed by atoms with Crippen molar-refractivity contribution in [3.8, 4) is 17.3 Å². The van der Waals surface area contributed by atoms with Crippen LogP contribution in [0.15, 0.2) is 78.9 Å². The number of nitrogens with zero attached hydrogens (tertiary/aromatic N) is 3. The van der Waals surface area contributed by atoms with E-state index in [0.717, 1.165) is 22.5 Å². The number of carbonyl (C=O) groups is 1. The van der Waals surface area contributed by atoms with Crippen molar-refractivity contribution in [3.05, 3.63) is 107 Å². The van der Waals surface area contributed by atoms with Crippen molar-refractivity contribution in [1.82, 2.24) is 14.7 Å². The monoisotopic (exact) mass is 501 g/mol. The minimum atomic E-state index is -0.479. The molecule has 0 fully saturated rings. The summed E-state index contributed by atoms with van der Waals surface area (Å²) >= 11 is 0. The lowest BCUT2D eigenvalue weighted by atomic mass is 10.0. The van der Waals surface area contributed by atoms with Gasteiger partial charge < -0.3 is 14.4 Å². The predicted octanol–water partition coefficient (Wildman–Crippen LogP) is 6.52. The fourth-order valence-corrected chi connectivity index (χ4v) is 4.07. The van der Waals surface area contributed by atoms with E-state index in [4.69, 9.17) is 14.6 Å². The van der Waals surface area contributed by atoms with Crippen molar-refractivity contribution in [2.24, 2.45) is 0 Å². The van der Waals surface area contributed by atoms with Crippen LogP contribution in [-0.2, 0) is 11.3 Å². The second kappa shape index (κ2) is 11.8. The summed E-state index contributed by atoms with van der Waals surface area (Å²) in [6.45, 7) is 7.02. The Hall–Kier alpha value is -3.97. The van der Waals surface area contributed by atoms with Crippen molar-refractivity contribution in [3.63, 3.8) is 0 Å². The van der Waals surface area contributed by atoms with Gasteiger partial charge in [-0.15, -0.1) is 0 Å². The first-order valence-electron chi connectivity index (χ1n) is 12.3. The lowest BCUT2D eigenvalue weighted by molar-refractivity contribution is 0.0678.